The van der Waals surface area contributed by atoms with E-state index in [1.807, 2.05) is 24.3 Å². The molecular formula is C18H18Cl2N4O2. The van der Waals surface area contributed by atoms with Crippen LogP contribution in [-0.4, -0.2) is 30.7 Å². The highest BCUT2D eigenvalue weighted by Crippen LogP contribution is 2.41. The number of nitrogen functional groups attached to an aromatic ring is 1. The molecule has 2 aromatic carbocycles. The predicted molar refractivity (Wildman–Crippen MR) is 106 cm³/mol. The van der Waals surface area contributed by atoms with E-state index in [-0.39, 0.29) is 12.4 Å². The Morgan fingerprint density at radius 2 is 1.81 bits per heavy atom. The SMILES string of the molecule is COc1cc2ncnc(N3CCc4cc(N)c(Cl)cc43)c2cc1OC.Cl. The predicted octanol–water partition coefficient (Wildman–Crippen LogP) is 4.00. The van der Waals surface area contributed by atoms with Gasteiger partial charge in [0.05, 0.1) is 30.4 Å². The molecule has 0 saturated carbocycles. The number of nitrogens with zero attached hydrogens (tertiary/aromatic N) is 3. The molecule has 0 bridgehead atoms. The molecule has 0 radical (unpaired) electrons. The smallest absolute Gasteiger partial charge is 0.162 e. The van der Waals surface area contributed by atoms with Crippen LogP contribution in [0.4, 0.5) is 17.2 Å². The zero-order valence-corrected chi connectivity index (χ0v) is 15.9. The van der Waals surface area contributed by atoms with Crippen molar-refractivity contribution in [1.29, 1.82) is 0 Å². The van der Waals surface area contributed by atoms with Crippen LogP contribution in [0.3, 0.4) is 0 Å². The van der Waals surface area contributed by atoms with Crippen molar-refractivity contribution in [3.63, 3.8) is 0 Å². The summed E-state index contributed by atoms with van der Waals surface area (Å²) in [6, 6.07) is 7.59. The van der Waals surface area contributed by atoms with Crippen LogP contribution >= 0.6 is 24.0 Å². The number of benzene rings is 2. The average Bonchev–Trinajstić information content (AvgIpc) is 3.02. The Hall–Kier alpha value is -2.44. The van der Waals surface area contributed by atoms with Gasteiger partial charge in [-0.1, -0.05) is 11.6 Å². The van der Waals surface area contributed by atoms with Gasteiger partial charge in [-0.2, -0.15) is 0 Å². The third-order valence-corrected chi connectivity index (χ3v) is 4.80. The average molecular weight is 393 g/mol. The molecule has 0 aliphatic carbocycles. The molecule has 3 aromatic rings. The second-order valence-electron chi connectivity index (χ2n) is 5.83. The van der Waals surface area contributed by atoms with Crippen LogP contribution in [0.5, 0.6) is 11.5 Å². The Morgan fingerprint density at radius 3 is 2.54 bits per heavy atom. The Morgan fingerprint density at radius 1 is 1.08 bits per heavy atom. The molecule has 0 unspecified atom stereocenters. The summed E-state index contributed by atoms with van der Waals surface area (Å²) >= 11 is 6.23. The standard InChI is InChI=1S/C18H17ClN4O2.ClH/c1-24-16-6-11-14(8-17(16)25-2)21-9-22-18(11)23-4-3-10-5-13(20)12(19)7-15(10)23;/h5-9H,3-4,20H2,1-2H3;1H. The van der Waals surface area contributed by atoms with E-state index in [0.717, 1.165) is 40.9 Å². The monoisotopic (exact) mass is 392 g/mol. The lowest BCUT2D eigenvalue weighted by atomic mass is 10.1. The fourth-order valence-electron chi connectivity index (χ4n) is 3.24. The Labute approximate surface area is 162 Å². The minimum Gasteiger partial charge on any atom is -0.493 e. The zero-order chi connectivity index (χ0) is 17.6. The van der Waals surface area contributed by atoms with Crippen LogP contribution < -0.4 is 20.1 Å². The largest absolute Gasteiger partial charge is 0.493 e. The molecule has 1 aromatic heterocycles. The number of hydrogen-bond acceptors (Lipinski definition) is 6. The van der Waals surface area contributed by atoms with Gasteiger partial charge in [-0.15, -0.1) is 12.4 Å². The van der Waals surface area contributed by atoms with E-state index in [9.17, 15) is 0 Å². The number of halogens is 2. The minimum absolute atomic E-state index is 0. The number of hydrogen-bond donors (Lipinski definition) is 1. The third-order valence-electron chi connectivity index (χ3n) is 4.47. The summed E-state index contributed by atoms with van der Waals surface area (Å²) in [6.07, 6.45) is 2.44. The van der Waals surface area contributed by atoms with Crippen LogP contribution in [0, 0.1) is 0 Å². The maximum absolute atomic E-state index is 6.23. The third kappa shape index (κ3) is 2.85. The number of rotatable bonds is 3. The van der Waals surface area contributed by atoms with Gasteiger partial charge in [0, 0.05) is 23.7 Å². The minimum atomic E-state index is 0. The molecule has 2 N–H and O–H groups in total. The molecule has 0 saturated heterocycles. The Kier molecular flexibility index (Phi) is 4.98. The van der Waals surface area contributed by atoms with Crippen molar-refractivity contribution in [1.82, 2.24) is 9.97 Å². The fraction of sp³-hybridized carbons (Fsp3) is 0.222. The second kappa shape index (κ2) is 7.05. The molecule has 1 aliphatic heterocycles. The summed E-state index contributed by atoms with van der Waals surface area (Å²) in [5.74, 6) is 2.09. The summed E-state index contributed by atoms with van der Waals surface area (Å²) in [6.45, 7) is 0.801. The number of nitrogens with two attached hydrogens (primary N) is 1. The van der Waals surface area contributed by atoms with E-state index in [0.29, 0.717) is 22.2 Å². The van der Waals surface area contributed by atoms with Gasteiger partial charge in [-0.05, 0) is 30.2 Å². The van der Waals surface area contributed by atoms with Crippen molar-refractivity contribution >= 4 is 52.1 Å². The highest BCUT2D eigenvalue weighted by molar-refractivity contribution is 6.33. The molecule has 0 atom stereocenters. The van der Waals surface area contributed by atoms with Crippen molar-refractivity contribution in [2.24, 2.45) is 0 Å². The van der Waals surface area contributed by atoms with Crippen molar-refractivity contribution in [2.45, 2.75) is 6.42 Å². The topological polar surface area (TPSA) is 73.5 Å². The van der Waals surface area contributed by atoms with Gasteiger partial charge in [0.25, 0.3) is 0 Å². The van der Waals surface area contributed by atoms with Crippen LogP contribution in [0.2, 0.25) is 5.02 Å². The fourth-order valence-corrected chi connectivity index (χ4v) is 3.39. The number of fused-ring (bicyclic) bond motifs is 2. The van der Waals surface area contributed by atoms with Gasteiger partial charge in [-0.3, -0.25) is 0 Å². The van der Waals surface area contributed by atoms with Crippen LogP contribution in [0.25, 0.3) is 10.9 Å². The van der Waals surface area contributed by atoms with Gasteiger partial charge < -0.3 is 20.1 Å². The van der Waals surface area contributed by atoms with Gasteiger partial charge in [-0.25, -0.2) is 9.97 Å². The Balaban J connectivity index is 0.00000196. The summed E-state index contributed by atoms with van der Waals surface area (Å²) in [4.78, 5) is 11.0. The highest BCUT2D eigenvalue weighted by Gasteiger charge is 2.25. The van der Waals surface area contributed by atoms with Crippen LogP contribution in [0.1, 0.15) is 5.56 Å². The van der Waals surface area contributed by atoms with Crippen LogP contribution in [0.15, 0.2) is 30.6 Å². The number of methoxy groups -OCH3 is 2. The lowest BCUT2D eigenvalue weighted by molar-refractivity contribution is 0.356. The first-order valence-electron chi connectivity index (χ1n) is 7.84. The molecule has 0 fully saturated rings. The number of aromatic nitrogens is 2. The normalized spacial score (nSPS) is 12.7. The van der Waals surface area contributed by atoms with E-state index >= 15 is 0 Å². The van der Waals surface area contributed by atoms with E-state index in [1.54, 1.807) is 20.5 Å². The van der Waals surface area contributed by atoms with Crippen LogP contribution in [-0.2, 0) is 6.42 Å². The molecule has 0 amide bonds. The molecule has 26 heavy (non-hydrogen) atoms. The summed E-state index contributed by atoms with van der Waals surface area (Å²) in [5, 5.41) is 1.43. The molecule has 1 aliphatic rings. The highest BCUT2D eigenvalue weighted by atomic mass is 35.5. The van der Waals surface area contributed by atoms with E-state index < -0.39 is 0 Å². The first-order valence-corrected chi connectivity index (χ1v) is 8.22. The molecule has 8 heteroatoms. The summed E-state index contributed by atoms with van der Waals surface area (Å²) in [7, 11) is 3.22. The first kappa shape index (κ1) is 18.4. The lowest BCUT2D eigenvalue weighted by Crippen LogP contribution is -2.15. The maximum atomic E-state index is 6.23. The van der Waals surface area contributed by atoms with E-state index in [2.05, 4.69) is 14.9 Å². The second-order valence-corrected chi connectivity index (χ2v) is 6.23. The number of anilines is 3. The van der Waals surface area contributed by atoms with Crippen molar-refractivity contribution in [2.75, 3.05) is 31.4 Å². The van der Waals surface area contributed by atoms with Crippen molar-refractivity contribution < 1.29 is 9.47 Å². The lowest BCUT2D eigenvalue weighted by Gasteiger charge is -2.21. The van der Waals surface area contributed by atoms with E-state index in [4.69, 9.17) is 26.8 Å². The zero-order valence-electron chi connectivity index (χ0n) is 14.3. The molecular weight excluding hydrogens is 375 g/mol. The maximum Gasteiger partial charge on any atom is 0.162 e. The van der Waals surface area contributed by atoms with Crippen molar-refractivity contribution in [3.05, 3.63) is 41.2 Å². The summed E-state index contributed by atoms with van der Waals surface area (Å²) < 4.78 is 10.8. The quantitative estimate of drug-likeness (QED) is 0.679. The Bertz CT molecular complexity index is 981. The van der Waals surface area contributed by atoms with Gasteiger partial charge in [0.1, 0.15) is 12.1 Å². The van der Waals surface area contributed by atoms with Gasteiger partial charge in [0.2, 0.25) is 0 Å². The van der Waals surface area contributed by atoms with Gasteiger partial charge >= 0.3 is 0 Å². The molecule has 0 spiro atoms. The molecule has 6 nitrogen and oxygen atoms in total. The molecule has 2 heterocycles. The number of ether oxygens (including phenoxy) is 2. The van der Waals surface area contributed by atoms with Crippen molar-refractivity contribution in [3.8, 4) is 11.5 Å². The van der Waals surface area contributed by atoms with Gasteiger partial charge in [0.15, 0.2) is 11.5 Å². The molecule has 4 rings (SSSR count). The first-order chi connectivity index (χ1) is 12.1. The van der Waals surface area contributed by atoms with E-state index in [1.165, 1.54) is 0 Å². The summed E-state index contributed by atoms with van der Waals surface area (Å²) in [5.41, 5.74) is 9.50. The molecule has 136 valence electrons.